The Balaban J connectivity index is 2.10. The maximum Gasteiger partial charge on any atom is 0.261 e. The zero-order valence-corrected chi connectivity index (χ0v) is 16.3. The first-order chi connectivity index (χ1) is 12.8. The summed E-state index contributed by atoms with van der Waals surface area (Å²) in [4.78, 5) is 13.7. The second-order valence-corrected chi connectivity index (χ2v) is 7.58. The summed E-state index contributed by atoms with van der Waals surface area (Å²) < 4.78 is 45.8. The minimum absolute atomic E-state index is 0.0479. The highest BCUT2D eigenvalue weighted by Gasteiger charge is 2.17. The second-order valence-electron chi connectivity index (χ2n) is 5.89. The number of nitrogens with zero attached hydrogens (tertiary/aromatic N) is 1. The Hall–Kier alpha value is -2.61. The van der Waals surface area contributed by atoms with Crippen molar-refractivity contribution in [3.05, 3.63) is 53.8 Å². The van der Waals surface area contributed by atoms with Crippen LogP contribution in [0.4, 0.5) is 10.1 Å². The lowest BCUT2D eigenvalue weighted by Gasteiger charge is -2.19. The van der Waals surface area contributed by atoms with Crippen molar-refractivity contribution >= 4 is 21.6 Å². The quantitative estimate of drug-likeness (QED) is 0.746. The third kappa shape index (κ3) is 5.43. The van der Waals surface area contributed by atoms with Crippen molar-refractivity contribution < 1.29 is 22.3 Å². The molecule has 2 aromatic carbocycles. The molecule has 0 aromatic heterocycles. The number of likely N-dealkylation sites (N-methyl/N-ethyl adjacent to an activating group) is 1. The Morgan fingerprint density at radius 1 is 1.11 bits per heavy atom. The van der Waals surface area contributed by atoms with Crippen LogP contribution >= 0.6 is 0 Å². The molecule has 146 valence electrons. The lowest BCUT2D eigenvalue weighted by Crippen LogP contribution is -2.34. The van der Waals surface area contributed by atoms with E-state index in [4.69, 9.17) is 4.74 Å². The molecule has 0 atom stereocenters. The van der Waals surface area contributed by atoms with Crippen molar-refractivity contribution in [3.63, 3.8) is 0 Å². The second kappa shape index (κ2) is 8.85. The van der Waals surface area contributed by atoms with E-state index >= 15 is 0 Å². The summed E-state index contributed by atoms with van der Waals surface area (Å²) in [6, 6.07) is 9.41. The Labute approximate surface area is 159 Å². The largest absolute Gasteiger partial charge is 0.483 e. The average molecular weight is 394 g/mol. The fraction of sp³-hybridized carbons (Fsp3) is 0.316. The van der Waals surface area contributed by atoms with E-state index in [1.807, 2.05) is 13.8 Å². The van der Waals surface area contributed by atoms with Crippen LogP contribution in [0.3, 0.4) is 0 Å². The first-order valence-corrected chi connectivity index (χ1v) is 10.0. The lowest BCUT2D eigenvalue weighted by molar-refractivity contribution is -0.132. The molecule has 0 aliphatic heterocycles. The molecule has 6 nitrogen and oxygen atoms in total. The van der Waals surface area contributed by atoms with Crippen LogP contribution in [-0.2, 0) is 14.8 Å². The van der Waals surface area contributed by atoms with E-state index in [2.05, 4.69) is 4.72 Å². The summed E-state index contributed by atoms with van der Waals surface area (Å²) >= 11 is 0. The highest BCUT2D eigenvalue weighted by Crippen LogP contribution is 2.23. The van der Waals surface area contributed by atoms with Crippen LogP contribution in [0.25, 0.3) is 0 Å². The molecule has 0 fully saturated rings. The van der Waals surface area contributed by atoms with Gasteiger partial charge in [-0.05, 0) is 68.8 Å². The number of sulfonamides is 1. The Morgan fingerprint density at radius 2 is 1.74 bits per heavy atom. The molecule has 8 heteroatoms. The highest BCUT2D eigenvalue weighted by atomic mass is 32.2. The molecule has 0 saturated heterocycles. The van der Waals surface area contributed by atoms with Crippen LogP contribution in [0.5, 0.6) is 5.75 Å². The molecule has 0 radical (unpaired) electrons. The maximum atomic E-state index is 12.9. The van der Waals surface area contributed by atoms with Crippen molar-refractivity contribution in [1.82, 2.24) is 4.90 Å². The summed E-state index contributed by atoms with van der Waals surface area (Å²) in [6.07, 6.45) is 0. The Kier molecular flexibility index (Phi) is 6.79. The standard InChI is InChI=1S/C19H23FN2O4S/c1-4-22(5-2)19(23)13-26-18-11-10-17(12-14(18)3)27(24,25)21-16-8-6-15(20)7-9-16/h6-12,21H,4-5,13H2,1-3H3. The molecule has 2 aromatic rings. The molecule has 0 unspecified atom stereocenters. The van der Waals surface area contributed by atoms with Gasteiger partial charge in [0.1, 0.15) is 11.6 Å². The zero-order chi connectivity index (χ0) is 20.0. The molecular formula is C19H23FN2O4S. The van der Waals surface area contributed by atoms with Gasteiger partial charge in [-0.2, -0.15) is 0 Å². The SMILES string of the molecule is CCN(CC)C(=O)COc1ccc(S(=O)(=O)Nc2ccc(F)cc2)cc1C. The van der Waals surface area contributed by atoms with Crippen LogP contribution in [-0.4, -0.2) is 38.9 Å². The van der Waals surface area contributed by atoms with Gasteiger partial charge < -0.3 is 9.64 Å². The number of aryl methyl sites for hydroxylation is 1. The fourth-order valence-corrected chi connectivity index (χ4v) is 3.63. The molecule has 0 heterocycles. The van der Waals surface area contributed by atoms with E-state index in [0.29, 0.717) is 24.4 Å². The van der Waals surface area contributed by atoms with Gasteiger partial charge >= 0.3 is 0 Å². The number of benzene rings is 2. The summed E-state index contributed by atoms with van der Waals surface area (Å²) in [5, 5.41) is 0. The van der Waals surface area contributed by atoms with Crippen molar-refractivity contribution in [2.75, 3.05) is 24.4 Å². The van der Waals surface area contributed by atoms with Gasteiger partial charge in [0.25, 0.3) is 15.9 Å². The molecule has 0 saturated carbocycles. The topological polar surface area (TPSA) is 75.7 Å². The van der Waals surface area contributed by atoms with Crippen LogP contribution in [0.2, 0.25) is 0 Å². The third-order valence-corrected chi connectivity index (χ3v) is 5.40. The fourth-order valence-electron chi connectivity index (χ4n) is 2.49. The van der Waals surface area contributed by atoms with E-state index in [0.717, 1.165) is 0 Å². The van der Waals surface area contributed by atoms with Crippen molar-refractivity contribution in [2.45, 2.75) is 25.7 Å². The third-order valence-electron chi connectivity index (χ3n) is 4.02. The number of ether oxygens (including phenoxy) is 1. The summed E-state index contributed by atoms with van der Waals surface area (Å²) in [7, 11) is -3.82. The van der Waals surface area contributed by atoms with Crippen molar-refractivity contribution in [3.8, 4) is 5.75 Å². The molecule has 0 spiro atoms. The number of amides is 1. The summed E-state index contributed by atoms with van der Waals surface area (Å²) in [5.41, 5.74) is 0.850. The Morgan fingerprint density at radius 3 is 2.30 bits per heavy atom. The van der Waals surface area contributed by atoms with E-state index in [1.54, 1.807) is 11.8 Å². The molecule has 2 rings (SSSR count). The van der Waals surface area contributed by atoms with Crippen LogP contribution in [0.1, 0.15) is 19.4 Å². The minimum Gasteiger partial charge on any atom is -0.483 e. The van der Waals surface area contributed by atoms with Gasteiger partial charge in [0.2, 0.25) is 0 Å². The molecule has 27 heavy (non-hydrogen) atoms. The van der Waals surface area contributed by atoms with E-state index in [1.165, 1.54) is 42.5 Å². The predicted octanol–water partition coefficient (Wildman–Crippen LogP) is 3.18. The van der Waals surface area contributed by atoms with Gasteiger partial charge in [-0.25, -0.2) is 12.8 Å². The number of nitrogens with one attached hydrogen (secondary N) is 1. The van der Waals surface area contributed by atoms with Crippen LogP contribution < -0.4 is 9.46 Å². The monoisotopic (exact) mass is 394 g/mol. The van der Waals surface area contributed by atoms with Crippen molar-refractivity contribution in [2.24, 2.45) is 0 Å². The number of hydrogen-bond donors (Lipinski definition) is 1. The summed E-state index contributed by atoms with van der Waals surface area (Å²) in [5.74, 6) is -0.139. The number of carbonyl (C=O) groups is 1. The molecule has 0 bridgehead atoms. The predicted molar refractivity (Wildman–Crippen MR) is 102 cm³/mol. The molecular weight excluding hydrogens is 371 g/mol. The molecule has 1 amide bonds. The maximum absolute atomic E-state index is 12.9. The van der Waals surface area contributed by atoms with Gasteiger partial charge in [-0.1, -0.05) is 0 Å². The van der Waals surface area contributed by atoms with E-state index in [9.17, 15) is 17.6 Å². The lowest BCUT2D eigenvalue weighted by atomic mass is 10.2. The van der Waals surface area contributed by atoms with E-state index < -0.39 is 15.8 Å². The summed E-state index contributed by atoms with van der Waals surface area (Å²) in [6.45, 7) is 6.57. The number of halogens is 1. The number of carbonyl (C=O) groups excluding carboxylic acids is 1. The minimum atomic E-state index is -3.82. The van der Waals surface area contributed by atoms with E-state index in [-0.39, 0.29) is 23.1 Å². The van der Waals surface area contributed by atoms with Crippen molar-refractivity contribution in [1.29, 1.82) is 0 Å². The molecule has 0 aliphatic rings. The van der Waals surface area contributed by atoms with Crippen LogP contribution in [0.15, 0.2) is 47.4 Å². The zero-order valence-electron chi connectivity index (χ0n) is 15.5. The number of anilines is 1. The Bertz CT molecular complexity index is 894. The van der Waals surface area contributed by atoms with Gasteiger partial charge in [-0.3, -0.25) is 9.52 Å². The first-order valence-electron chi connectivity index (χ1n) is 8.56. The molecule has 0 aliphatic carbocycles. The normalized spacial score (nSPS) is 11.1. The van der Waals surface area contributed by atoms with Gasteiger partial charge in [-0.15, -0.1) is 0 Å². The average Bonchev–Trinajstić information content (AvgIpc) is 2.63. The number of rotatable bonds is 8. The van der Waals surface area contributed by atoms with Crippen LogP contribution in [0, 0.1) is 12.7 Å². The molecule has 1 N–H and O–H groups in total. The smallest absolute Gasteiger partial charge is 0.261 e. The highest BCUT2D eigenvalue weighted by molar-refractivity contribution is 7.92. The van der Waals surface area contributed by atoms with Gasteiger partial charge in [0.15, 0.2) is 6.61 Å². The van der Waals surface area contributed by atoms with Gasteiger partial charge in [0, 0.05) is 18.8 Å². The first kappa shape index (κ1) is 20.7. The van der Waals surface area contributed by atoms with Gasteiger partial charge in [0.05, 0.1) is 4.90 Å². The number of hydrogen-bond acceptors (Lipinski definition) is 4.